The summed E-state index contributed by atoms with van der Waals surface area (Å²) in [6.07, 6.45) is 2.31. The second-order valence-electron chi connectivity index (χ2n) is 5.38. The summed E-state index contributed by atoms with van der Waals surface area (Å²) in [7, 11) is 0. The fourth-order valence-corrected chi connectivity index (χ4v) is 2.62. The molecule has 1 aromatic carbocycles. The van der Waals surface area contributed by atoms with Gasteiger partial charge in [-0.3, -0.25) is 0 Å². The fraction of sp³-hybridized carbons (Fsp3) is 0.533. The zero-order valence-electron chi connectivity index (χ0n) is 12.3. The van der Waals surface area contributed by atoms with Crippen LogP contribution in [0.1, 0.15) is 24.0 Å². The standard InChI is InChI=1S/C15H20FN3O3/c16-12-4-10(14-11(5-12)8-20-9-22-14)6-18-15(17)19-7-13-2-1-3-21-13/h4-5,13H,1-3,6-9H2,(H3,17,18,19). The van der Waals surface area contributed by atoms with Crippen LogP contribution in [0.4, 0.5) is 4.39 Å². The second kappa shape index (κ2) is 6.93. The van der Waals surface area contributed by atoms with Crippen molar-refractivity contribution in [3.63, 3.8) is 0 Å². The minimum absolute atomic E-state index is 0.169. The molecule has 22 heavy (non-hydrogen) atoms. The van der Waals surface area contributed by atoms with Crippen molar-refractivity contribution < 1.29 is 18.6 Å². The molecule has 1 saturated heterocycles. The van der Waals surface area contributed by atoms with Crippen LogP contribution in [0.2, 0.25) is 0 Å². The largest absolute Gasteiger partial charge is 0.467 e. The van der Waals surface area contributed by atoms with Crippen molar-refractivity contribution in [3.05, 3.63) is 29.1 Å². The predicted molar refractivity (Wildman–Crippen MR) is 79.0 cm³/mol. The summed E-state index contributed by atoms with van der Waals surface area (Å²) >= 11 is 0. The lowest BCUT2D eigenvalue weighted by atomic mass is 10.1. The van der Waals surface area contributed by atoms with Crippen LogP contribution in [0.25, 0.3) is 0 Å². The van der Waals surface area contributed by atoms with E-state index in [1.54, 1.807) is 0 Å². The Balaban J connectivity index is 1.62. The van der Waals surface area contributed by atoms with E-state index >= 15 is 0 Å². The summed E-state index contributed by atoms with van der Waals surface area (Å²) in [5.74, 6) is 0.632. The van der Waals surface area contributed by atoms with E-state index in [1.807, 2.05) is 0 Å². The van der Waals surface area contributed by atoms with Gasteiger partial charge in [-0.15, -0.1) is 0 Å². The summed E-state index contributed by atoms with van der Waals surface area (Å²) in [5, 5.41) is 3.03. The van der Waals surface area contributed by atoms with Crippen LogP contribution in [-0.2, 0) is 22.6 Å². The molecule has 0 radical (unpaired) electrons. The molecule has 0 aliphatic carbocycles. The highest BCUT2D eigenvalue weighted by atomic mass is 19.1. The molecule has 6 nitrogen and oxygen atoms in total. The third-order valence-corrected chi connectivity index (χ3v) is 3.71. The normalized spacial score (nSPS) is 21.3. The summed E-state index contributed by atoms with van der Waals surface area (Å²) < 4.78 is 29.7. The van der Waals surface area contributed by atoms with Crippen LogP contribution < -0.4 is 15.8 Å². The molecule has 1 unspecified atom stereocenters. The van der Waals surface area contributed by atoms with Crippen molar-refractivity contribution in [1.82, 2.24) is 5.32 Å². The first kappa shape index (κ1) is 15.1. The molecule has 0 amide bonds. The summed E-state index contributed by atoms with van der Waals surface area (Å²) in [6, 6.07) is 2.84. The number of nitrogens with zero attached hydrogens (tertiary/aromatic N) is 1. The molecule has 2 aliphatic rings. The van der Waals surface area contributed by atoms with Gasteiger partial charge in [0.25, 0.3) is 0 Å². The van der Waals surface area contributed by atoms with Crippen molar-refractivity contribution >= 4 is 5.96 Å². The van der Waals surface area contributed by atoms with Crippen molar-refractivity contribution in [3.8, 4) is 5.75 Å². The number of nitrogens with two attached hydrogens (primary N) is 1. The minimum Gasteiger partial charge on any atom is -0.467 e. The monoisotopic (exact) mass is 309 g/mol. The van der Waals surface area contributed by atoms with Crippen molar-refractivity contribution in [2.75, 3.05) is 19.9 Å². The maximum Gasteiger partial charge on any atom is 0.189 e. The van der Waals surface area contributed by atoms with E-state index in [0.717, 1.165) is 19.4 Å². The van der Waals surface area contributed by atoms with Gasteiger partial charge < -0.3 is 25.3 Å². The van der Waals surface area contributed by atoms with E-state index in [0.29, 0.717) is 36.0 Å². The molecule has 0 bridgehead atoms. The molecule has 1 atom stereocenters. The van der Waals surface area contributed by atoms with Crippen molar-refractivity contribution in [1.29, 1.82) is 0 Å². The highest BCUT2D eigenvalue weighted by Gasteiger charge is 2.17. The van der Waals surface area contributed by atoms with Gasteiger partial charge >= 0.3 is 0 Å². The SMILES string of the molecule is NC(=NCc1cc(F)cc2c1OCOC2)NCC1CCCO1. The molecule has 2 aliphatic heterocycles. The predicted octanol–water partition coefficient (Wildman–Crippen LogP) is 1.28. The Kier molecular flexibility index (Phi) is 4.74. The number of rotatable bonds is 4. The molecule has 3 rings (SSSR count). The number of nitrogens with one attached hydrogen (secondary N) is 1. The molecule has 1 aromatic rings. The maximum absolute atomic E-state index is 13.6. The Hall–Kier alpha value is -1.86. The Morgan fingerprint density at radius 2 is 2.36 bits per heavy atom. The average molecular weight is 309 g/mol. The van der Waals surface area contributed by atoms with Gasteiger partial charge in [-0.25, -0.2) is 9.38 Å². The second-order valence-corrected chi connectivity index (χ2v) is 5.38. The minimum atomic E-state index is -0.330. The molecule has 120 valence electrons. The number of halogens is 1. The molecule has 3 N–H and O–H groups in total. The maximum atomic E-state index is 13.6. The van der Waals surface area contributed by atoms with Gasteiger partial charge in [0.05, 0.1) is 19.3 Å². The molecule has 0 saturated carbocycles. The van der Waals surface area contributed by atoms with Crippen LogP contribution in [0, 0.1) is 5.82 Å². The molecule has 1 fully saturated rings. The van der Waals surface area contributed by atoms with Crippen molar-refractivity contribution in [2.24, 2.45) is 10.7 Å². The van der Waals surface area contributed by atoms with Gasteiger partial charge in [0.15, 0.2) is 12.8 Å². The topological polar surface area (TPSA) is 78.1 Å². The van der Waals surface area contributed by atoms with E-state index in [-0.39, 0.29) is 25.3 Å². The molecular formula is C15H20FN3O3. The fourth-order valence-electron chi connectivity index (χ4n) is 2.62. The molecule has 7 heteroatoms. The third kappa shape index (κ3) is 3.66. The third-order valence-electron chi connectivity index (χ3n) is 3.71. The van der Waals surface area contributed by atoms with Gasteiger partial charge in [-0.2, -0.15) is 0 Å². The number of benzene rings is 1. The van der Waals surface area contributed by atoms with Gasteiger partial charge in [0.1, 0.15) is 11.6 Å². The zero-order valence-corrected chi connectivity index (χ0v) is 12.3. The zero-order chi connectivity index (χ0) is 15.4. The van der Waals surface area contributed by atoms with Gasteiger partial charge in [-0.1, -0.05) is 0 Å². The van der Waals surface area contributed by atoms with E-state index in [2.05, 4.69) is 10.3 Å². The first-order valence-electron chi connectivity index (χ1n) is 7.39. The molecule has 2 heterocycles. The number of aliphatic imine (C=N–C) groups is 1. The highest BCUT2D eigenvalue weighted by Crippen LogP contribution is 2.29. The Bertz CT molecular complexity index is 559. The first-order chi connectivity index (χ1) is 10.7. The molecule has 0 aromatic heterocycles. The summed E-state index contributed by atoms with van der Waals surface area (Å²) in [6.45, 7) is 2.21. The smallest absolute Gasteiger partial charge is 0.189 e. The molecule has 0 spiro atoms. The van der Waals surface area contributed by atoms with Gasteiger partial charge in [-0.05, 0) is 25.0 Å². The van der Waals surface area contributed by atoms with Crippen LogP contribution in [-0.4, -0.2) is 32.0 Å². The molecular weight excluding hydrogens is 289 g/mol. The number of guanidine groups is 1. The van der Waals surface area contributed by atoms with Crippen LogP contribution >= 0.6 is 0 Å². The van der Waals surface area contributed by atoms with Crippen LogP contribution in [0.15, 0.2) is 17.1 Å². The van der Waals surface area contributed by atoms with Crippen LogP contribution in [0.5, 0.6) is 5.75 Å². The summed E-state index contributed by atoms with van der Waals surface area (Å²) in [4.78, 5) is 4.24. The number of ether oxygens (including phenoxy) is 3. The average Bonchev–Trinajstić information content (AvgIpc) is 3.04. The van der Waals surface area contributed by atoms with E-state index in [9.17, 15) is 4.39 Å². The van der Waals surface area contributed by atoms with Crippen LogP contribution in [0.3, 0.4) is 0 Å². The summed E-state index contributed by atoms with van der Waals surface area (Å²) in [5.41, 5.74) is 7.20. The number of hydrogen-bond donors (Lipinski definition) is 2. The van der Waals surface area contributed by atoms with E-state index in [1.165, 1.54) is 12.1 Å². The quantitative estimate of drug-likeness (QED) is 0.647. The Labute approximate surface area is 128 Å². The lowest BCUT2D eigenvalue weighted by Crippen LogP contribution is -2.37. The Morgan fingerprint density at radius 1 is 1.45 bits per heavy atom. The van der Waals surface area contributed by atoms with E-state index < -0.39 is 0 Å². The lowest BCUT2D eigenvalue weighted by Gasteiger charge is -2.20. The van der Waals surface area contributed by atoms with E-state index in [4.69, 9.17) is 19.9 Å². The van der Waals surface area contributed by atoms with Gasteiger partial charge in [0, 0.05) is 24.3 Å². The number of hydrogen-bond acceptors (Lipinski definition) is 4. The number of fused-ring (bicyclic) bond motifs is 1. The lowest BCUT2D eigenvalue weighted by molar-refractivity contribution is -0.0172. The highest BCUT2D eigenvalue weighted by molar-refractivity contribution is 5.77. The first-order valence-corrected chi connectivity index (χ1v) is 7.39. The Morgan fingerprint density at radius 3 is 3.18 bits per heavy atom. The van der Waals surface area contributed by atoms with Crippen molar-refractivity contribution in [2.45, 2.75) is 32.1 Å². The van der Waals surface area contributed by atoms with Gasteiger partial charge in [0.2, 0.25) is 0 Å².